The van der Waals surface area contributed by atoms with Crippen molar-refractivity contribution in [3.8, 4) is 0 Å². The van der Waals surface area contributed by atoms with Crippen LogP contribution in [-0.2, 0) is 4.79 Å². The third-order valence-electron chi connectivity index (χ3n) is 3.80. The number of nitrogens with one attached hydrogen (secondary N) is 2. The predicted octanol–water partition coefficient (Wildman–Crippen LogP) is 2.26. The summed E-state index contributed by atoms with van der Waals surface area (Å²) in [6.07, 6.45) is 2.90. The van der Waals surface area contributed by atoms with Crippen molar-refractivity contribution in [2.45, 2.75) is 25.3 Å². The highest BCUT2D eigenvalue weighted by atomic mass is 79.9. The third kappa shape index (κ3) is 3.56. The van der Waals surface area contributed by atoms with Crippen LogP contribution >= 0.6 is 15.9 Å². The van der Waals surface area contributed by atoms with Crippen molar-refractivity contribution < 1.29 is 9.90 Å². The lowest BCUT2D eigenvalue weighted by Gasteiger charge is -2.22. The van der Waals surface area contributed by atoms with Crippen LogP contribution in [0.2, 0.25) is 0 Å². The number of benzene rings is 1. The minimum Gasteiger partial charge on any atom is -0.396 e. The summed E-state index contributed by atoms with van der Waals surface area (Å²) in [5.74, 6) is -0.0119. The van der Waals surface area contributed by atoms with Crippen LogP contribution in [0.1, 0.15) is 30.9 Å². The zero-order valence-corrected chi connectivity index (χ0v) is 14.0. The maximum absolute atomic E-state index is 11.9. The van der Waals surface area contributed by atoms with E-state index in [1.165, 1.54) is 0 Å². The smallest absolute Gasteiger partial charge is 0.246 e. The van der Waals surface area contributed by atoms with Gasteiger partial charge >= 0.3 is 0 Å². The molecule has 1 amide bonds. The Balaban J connectivity index is 2.12. The van der Waals surface area contributed by atoms with Gasteiger partial charge in [0, 0.05) is 35.9 Å². The number of likely N-dealkylation sites (N-methyl/N-ethyl adjacent to an activating group) is 1. The first-order valence-electron chi connectivity index (χ1n) is 7.22. The minimum absolute atomic E-state index is 0.0119. The third-order valence-corrected chi connectivity index (χ3v) is 4.44. The zero-order valence-electron chi connectivity index (χ0n) is 12.4. The monoisotopic (exact) mass is 355 g/mol. The molecule has 1 aliphatic rings. The van der Waals surface area contributed by atoms with E-state index in [9.17, 15) is 4.79 Å². The lowest BCUT2D eigenvalue weighted by molar-refractivity contribution is -0.117. The number of aliphatic hydroxyl groups is 1. The van der Waals surface area contributed by atoms with Crippen LogP contribution in [0.25, 0.3) is 0 Å². The highest BCUT2D eigenvalue weighted by molar-refractivity contribution is 9.10. The number of carbonyl (C=O) groups is 1. The van der Waals surface area contributed by atoms with Gasteiger partial charge in [0.1, 0.15) is 6.04 Å². The fourth-order valence-electron chi connectivity index (χ4n) is 2.61. The van der Waals surface area contributed by atoms with Gasteiger partial charge in [-0.15, -0.1) is 0 Å². The van der Waals surface area contributed by atoms with Gasteiger partial charge in [0.25, 0.3) is 0 Å². The van der Waals surface area contributed by atoms with Gasteiger partial charge in [0.15, 0.2) is 0 Å². The van der Waals surface area contributed by atoms with Crippen LogP contribution in [0.5, 0.6) is 0 Å². The first-order chi connectivity index (χ1) is 10.1. The molecule has 2 rings (SSSR count). The van der Waals surface area contributed by atoms with Crippen molar-refractivity contribution >= 4 is 33.2 Å². The average Bonchev–Trinajstić information content (AvgIpc) is 2.76. The molecule has 3 N–H and O–H groups in total. The summed E-state index contributed by atoms with van der Waals surface area (Å²) in [4.78, 5) is 14.0. The molecule has 0 bridgehead atoms. The fourth-order valence-corrected chi connectivity index (χ4v) is 3.27. The molecule has 1 aromatic carbocycles. The molecule has 116 valence electrons. The predicted molar refractivity (Wildman–Crippen MR) is 88.8 cm³/mol. The van der Waals surface area contributed by atoms with Crippen LogP contribution in [-0.4, -0.2) is 38.3 Å². The molecule has 0 aromatic heterocycles. The summed E-state index contributed by atoms with van der Waals surface area (Å²) in [6.45, 7) is 1.17. The van der Waals surface area contributed by atoms with Gasteiger partial charge in [-0.25, -0.2) is 0 Å². The Hall–Kier alpha value is -1.11. The number of halogens is 1. The second-order valence-electron chi connectivity index (χ2n) is 5.31. The summed E-state index contributed by atoms with van der Waals surface area (Å²) in [7, 11) is 3.83. The van der Waals surface area contributed by atoms with E-state index >= 15 is 0 Å². The summed E-state index contributed by atoms with van der Waals surface area (Å²) in [6, 6.07) is 3.74. The van der Waals surface area contributed by atoms with Gasteiger partial charge in [-0.2, -0.15) is 0 Å². The fraction of sp³-hybridized carbons (Fsp3) is 0.533. The molecule has 6 heteroatoms. The van der Waals surface area contributed by atoms with Crippen LogP contribution in [0.15, 0.2) is 16.6 Å². The van der Waals surface area contributed by atoms with Gasteiger partial charge in [-0.3, -0.25) is 4.79 Å². The number of hydrogen-bond donors (Lipinski definition) is 3. The highest BCUT2D eigenvalue weighted by Gasteiger charge is 2.30. The first-order valence-corrected chi connectivity index (χ1v) is 8.01. The second-order valence-corrected chi connectivity index (χ2v) is 6.16. The number of fused-ring (bicyclic) bond motifs is 1. The van der Waals surface area contributed by atoms with Gasteiger partial charge in [-0.05, 0) is 54.4 Å². The summed E-state index contributed by atoms with van der Waals surface area (Å²) in [5, 5.41) is 14.7. The molecule has 1 heterocycles. The average molecular weight is 356 g/mol. The van der Waals surface area contributed by atoms with E-state index in [1.807, 2.05) is 19.2 Å². The normalized spacial score (nSPS) is 16.8. The summed E-state index contributed by atoms with van der Waals surface area (Å²) >= 11 is 3.60. The molecule has 0 saturated carbocycles. The van der Waals surface area contributed by atoms with Crippen molar-refractivity contribution in [1.29, 1.82) is 0 Å². The number of anilines is 2. The summed E-state index contributed by atoms with van der Waals surface area (Å²) < 4.78 is 0.989. The Labute approximate surface area is 133 Å². The molecule has 21 heavy (non-hydrogen) atoms. The number of amides is 1. The van der Waals surface area contributed by atoms with E-state index in [2.05, 4.69) is 31.5 Å². The molecule has 0 radical (unpaired) electrons. The Morgan fingerprint density at radius 2 is 2.14 bits per heavy atom. The number of unbranched alkanes of at least 4 members (excludes halogenated alkanes) is 2. The molecule has 1 aliphatic heterocycles. The van der Waals surface area contributed by atoms with Crippen molar-refractivity contribution in [1.82, 2.24) is 5.32 Å². The Kier molecular flexibility index (Phi) is 5.61. The Morgan fingerprint density at radius 3 is 2.81 bits per heavy atom. The molecule has 1 aromatic rings. The van der Waals surface area contributed by atoms with E-state index in [1.54, 1.807) is 7.05 Å². The molecule has 0 aliphatic carbocycles. The molecule has 1 atom stereocenters. The largest absolute Gasteiger partial charge is 0.396 e. The van der Waals surface area contributed by atoms with Crippen molar-refractivity contribution in [3.63, 3.8) is 0 Å². The van der Waals surface area contributed by atoms with Gasteiger partial charge in [0.2, 0.25) is 5.91 Å². The van der Waals surface area contributed by atoms with Crippen LogP contribution < -0.4 is 15.5 Å². The highest BCUT2D eigenvalue weighted by Crippen LogP contribution is 2.38. The van der Waals surface area contributed by atoms with Crippen molar-refractivity contribution in [3.05, 3.63) is 22.2 Å². The quantitative estimate of drug-likeness (QED) is 0.656. The number of rotatable bonds is 7. The molecular formula is C15H22BrN3O2. The standard InChI is InChI=1S/C15H22BrN3O2/c1-17-14-10-8-11(16)13(9-12(10)18-15(14)21)19(2)6-4-3-5-7-20/h8-9,14,17,20H,3-7H2,1-2H3,(H,18,21). The molecule has 1 unspecified atom stereocenters. The van der Waals surface area contributed by atoms with E-state index in [0.717, 1.165) is 47.2 Å². The van der Waals surface area contributed by atoms with E-state index in [4.69, 9.17) is 5.11 Å². The lowest BCUT2D eigenvalue weighted by atomic mass is 10.1. The molecular weight excluding hydrogens is 334 g/mol. The number of carbonyl (C=O) groups excluding carboxylic acids is 1. The Bertz CT molecular complexity index is 522. The van der Waals surface area contributed by atoms with Crippen LogP contribution in [0.3, 0.4) is 0 Å². The van der Waals surface area contributed by atoms with E-state index in [-0.39, 0.29) is 18.6 Å². The SMILES string of the molecule is CNC1C(=O)Nc2cc(N(C)CCCCCO)c(Br)cc21. The molecule has 0 spiro atoms. The van der Waals surface area contributed by atoms with Gasteiger partial charge < -0.3 is 20.6 Å². The number of hydrogen-bond acceptors (Lipinski definition) is 4. The van der Waals surface area contributed by atoms with Gasteiger partial charge in [-0.1, -0.05) is 0 Å². The maximum Gasteiger partial charge on any atom is 0.246 e. The molecule has 0 saturated heterocycles. The van der Waals surface area contributed by atoms with Crippen LogP contribution in [0.4, 0.5) is 11.4 Å². The second kappa shape index (κ2) is 7.24. The molecule has 0 fully saturated rings. The minimum atomic E-state index is -0.278. The number of aliphatic hydroxyl groups excluding tert-OH is 1. The first kappa shape index (κ1) is 16.3. The topological polar surface area (TPSA) is 64.6 Å². The molecule has 5 nitrogen and oxygen atoms in total. The lowest BCUT2D eigenvalue weighted by Crippen LogP contribution is -2.23. The van der Waals surface area contributed by atoms with Crippen molar-refractivity contribution in [2.24, 2.45) is 0 Å². The summed E-state index contributed by atoms with van der Waals surface area (Å²) in [5.41, 5.74) is 2.92. The maximum atomic E-state index is 11.9. The van der Waals surface area contributed by atoms with Gasteiger partial charge in [0.05, 0.1) is 5.69 Å². The Morgan fingerprint density at radius 1 is 1.38 bits per heavy atom. The number of nitrogens with zero attached hydrogens (tertiary/aromatic N) is 1. The van der Waals surface area contributed by atoms with Crippen LogP contribution in [0, 0.1) is 0 Å². The van der Waals surface area contributed by atoms with E-state index in [0.29, 0.717) is 0 Å². The van der Waals surface area contributed by atoms with Crippen molar-refractivity contribution in [2.75, 3.05) is 37.5 Å². The zero-order chi connectivity index (χ0) is 15.4. The van der Waals surface area contributed by atoms with E-state index < -0.39 is 0 Å².